The minimum absolute atomic E-state index is 0.0538. The predicted molar refractivity (Wildman–Crippen MR) is 122 cm³/mol. The standard InChI is InChI=1S/C24H27FN4O2S/c1-12-13(2)32-22-19(12)20(15-7-9-16(25)10-8-15)26-17(21-28-27-14(3)29(21)22)11-18-23(30-18)31-24(4,5)6/h7-10,17-18,23H,11H2,1-6H3/t17-,18?,23?/m0/s1. The van der Waals surface area contributed by atoms with Gasteiger partial charge < -0.3 is 9.47 Å². The summed E-state index contributed by atoms with van der Waals surface area (Å²) >= 11 is 1.71. The van der Waals surface area contributed by atoms with E-state index in [0.29, 0.717) is 6.42 Å². The second kappa shape index (κ2) is 7.57. The molecule has 3 aromatic rings. The topological polar surface area (TPSA) is 64.8 Å². The molecule has 1 saturated heterocycles. The van der Waals surface area contributed by atoms with Crippen LogP contribution in [0.1, 0.15) is 66.5 Å². The molecule has 8 heteroatoms. The number of epoxide rings is 1. The normalized spacial score (nSPS) is 22.2. The number of halogens is 1. The second-order valence-electron chi connectivity index (χ2n) is 9.41. The lowest BCUT2D eigenvalue weighted by atomic mass is 9.99. The lowest BCUT2D eigenvalue weighted by Crippen LogP contribution is -2.22. The van der Waals surface area contributed by atoms with Crippen LogP contribution in [0.4, 0.5) is 4.39 Å². The van der Waals surface area contributed by atoms with Crippen LogP contribution >= 0.6 is 11.3 Å². The number of fused-ring (bicyclic) bond motifs is 3. The van der Waals surface area contributed by atoms with Crippen molar-refractivity contribution >= 4 is 17.0 Å². The zero-order chi connectivity index (χ0) is 22.8. The van der Waals surface area contributed by atoms with E-state index in [1.807, 2.05) is 27.7 Å². The highest BCUT2D eigenvalue weighted by molar-refractivity contribution is 7.15. The van der Waals surface area contributed by atoms with Gasteiger partial charge in [-0.3, -0.25) is 9.56 Å². The lowest BCUT2D eigenvalue weighted by Gasteiger charge is -2.18. The van der Waals surface area contributed by atoms with Gasteiger partial charge in [-0.2, -0.15) is 0 Å². The van der Waals surface area contributed by atoms with Gasteiger partial charge in [0.15, 0.2) is 12.1 Å². The summed E-state index contributed by atoms with van der Waals surface area (Å²) < 4.78 is 27.6. The smallest absolute Gasteiger partial charge is 0.185 e. The largest absolute Gasteiger partial charge is 0.344 e. The maximum Gasteiger partial charge on any atom is 0.185 e. The summed E-state index contributed by atoms with van der Waals surface area (Å²) in [5.41, 5.74) is 3.69. The zero-order valence-electron chi connectivity index (χ0n) is 19.1. The van der Waals surface area contributed by atoms with Crippen molar-refractivity contribution in [3.8, 4) is 5.00 Å². The van der Waals surface area contributed by atoms with Gasteiger partial charge in [0.05, 0.1) is 11.3 Å². The van der Waals surface area contributed by atoms with Crippen molar-refractivity contribution in [3.05, 3.63) is 63.3 Å². The molecule has 0 N–H and O–H groups in total. The summed E-state index contributed by atoms with van der Waals surface area (Å²) in [4.78, 5) is 6.41. The Morgan fingerprint density at radius 2 is 1.84 bits per heavy atom. The fraction of sp³-hybridized carbons (Fsp3) is 0.458. The molecule has 32 heavy (non-hydrogen) atoms. The van der Waals surface area contributed by atoms with Gasteiger partial charge >= 0.3 is 0 Å². The number of hydrogen-bond acceptors (Lipinski definition) is 6. The molecular formula is C24H27FN4O2S. The molecule has 6 nitrogen and oxygen atoms in total. The highest BCUT2D eigenvalue weighted by Gasteiger charge is 2.45. The van der Waals surface area contributed by atoms with E-state index in [4.69, 9.17) is 14.5 Å². The zero-order valence-corrected chi connectivity index (χ0v) is 20.0. The minimum Gasteiger partial charge on any atom is -0.344 e. The third-order valence-corrected chi connectivity index (χ3v) is 7.01. The van der Waals surface area contributed by atoms with E-state index in [0.717, 1.165) is 33.5 Å². The summed E-state index contributed by atoms with van der Waals surface area (Å²) in [6.07, 6.45) is 0.344. The number of benzene rings is 1. The molecule has 0 radical (unpaired) electrons. The molecule has 0 spiro atoms. The Morgan fingerprint density at radius 3 is 2.53 bits per heavy atom. The first kappa shape index (κ1) is 21.4. The van der Waals surface area contributed by atoms with Crippen molar-refractivity contribution in [1.29, 1.82) is 0 Å². The molecule has 168 valence electrons. The number of aliphatic imine (C=N–C) groups is 1. The average molecular weight is 455 g/mol. The SMILES string of the molecule is Cc1sc2c(c1C)C(c1ccc(F)cc1)=N[C@@H](CC1OC1OC(C)(C)C)c1nnc(C)n1-2. The summed E-state index contributed by atoms with van der Waals surface area (Å²) in [7, 11) is 0. The number of ether oxygens (including phenoxy) is 2. The lowest BCUT2D eigenvalue weighted by molar-refractivity contribution is -0.0570. The number of rotatable bonds is 4. The van der Waals surface area contributed by atoms with Gasteiger partial charge in [-0.1, -0.05) is 0 Å². The number of aryl methyl sites for hydroxylation is 2. The fourth-order valence-corrected chi connectivity index (χ4v) is 5.33. The van der Waals surface area contributed by atoms with Crippen LogP contribution in [0.3, 0.4) is 0 Å². The van der Waals surface area contributed by atoms with E-state index in [1.165, 1.54) is 22.6 Å². The third-order valence-electron chi connectivity index (χ3n) is 5.82. The quantitative estimate of drug-likeness (QED) is 0.507. The number of nitrogens with zero attached hydrogens (tertiary/aromatic N) is 4. The van der Waals surface area contributed by atoms with Crippen LogP contribution < -0.4 is 0 Å². The predicted octanol–water partition coefficient (Wildman–Crippen LogP) is 5.22. The first-order valence-corrected chi connectivity index (χ1v) is 11.6. The summed E-state index contributed by atoms with van der Waals surface area (Å²) in [5, 5.41) is 9.94. The van der Waals surface area contributed by atoms with Crippen molar-refractivity contribution in [3.63, 3.8) is 0 Å². The molecule has 0 amide bonds. The molecule has 0 bridgehead atoms. The Kier molecular flexibility index (Phi) is 5.07. The number of hydrogen-bond donors (Lipinski definition) is 0. The molecule has 0 saturated carbocycles. The molecule has 0 aliphatic carbocycles. The Balaban J connectivity index is 1.61. The van der Waals surface area contributed by atoms with Gasteiger partial charge in [0.2, 0.25) is 0 Å². The molecule has 2 aromatic heterocycles. The van der Waals surface area contributed by atoms with Gasteiger partial charge in [0.1, 0.15) is 28.8 Å². The Bertz CT molecular complexity index is 1210. The van der Waals surface area contributed by atoms with E-state index in [-0.39, 0.29) is 29.9 Å². The summed E-state index contributed by atoms with van der Waals surface area (Å²) in [6.45, 7) is 12.2. The van der Waals surface area contributed by atoms with Crippen molar-refractivity contribution < 1.29 is 13.9 Å². The van der Waals surface area contributed by atoms with Crippen molar-refractivity contribution in [2.45, 2.75) is 72.0 Å². The second-order valence-corrected chi connectivity index (χ2v) is 10.6. The Morgan fingerprint density at radius 1 is 1.12 bits per heavy atom. The monoisotopic (exact) mass is 454 g/mol. The van der Waals surface area contributed by atoms with Crippen LogP contribution in [-0.4, -0.2) is 38.5 Å². The van der Waals surface area contributed by atoms with Crippen LogP contribution in [0, 0.1) is 26.6 Å². The molecule has 3 atom stereocenters. The molecule has 2 aliphatic rings. The van der Waals surface area contributed by atoms with E-state index < -0.39 is 0 Å². The van der Waals surface area contributed by atoms with Gasteiger partial charge in [-0.05, 0) is 71.4 Å². The fourth-order valence-electron chi connectivity index (χ4n) is 4.12. The molecule has 4 heterocycles. The Labute approximate surface area is 191 Å². The van der Waals surface area contributed by atoms with E-state index in [9.17, 15) is 4.39 Å². The summed E-state index contributed by atoms with van der Waals surface area (Å²) in [5.74, 6) is 1.36. The van der Waals surface area contributed by atoms with Crippen LogP contribution in [-0.2, 0) is 9.47 Å². The van der Waals surface area contributed by atoms with Crippen molar-refractivity contribution in [2.75, 3.05) is 0 Å². The van der Waals surface area contributed by atoms with Crippen LogP contribution in [0.2, 0.25) is 0 Å². The van der Waals surface area contributed by atoms with Gasteiger partial charge in [-0.15, -0.1) is 21.5 Å². The van der Waals surface area contributed by atoms with E-state index >= 15 is 0 Å². The van der Waals surface area contributed by atoms with Crippen LogP contribution in [0.15, 0.2) is 29.3 Å². The maximum atomic E-state index is 13.7. The molecule has 5 rings (SSSR count). The highest BCUT2D eigenvalue weighted by atomic mass is 32.1. The van der Waals surface area contributed by atoms with Crippen LogP contribution in [0.5, 0.6) is 0 Å². The molecule has 1 fully saturated rings. The third kappa shape index (κ3) is 3.80. The number of aromatic nitrogens is 3. The maximum absolute atomic E-state index is 13.7. The first-order chi connectivity index (χ1) is 15.1. The van der Waals surface area contributed by atoms with Gasteiger partial charge in [0, 0.05) is 22.4 Å². The summed E-state index contributed by atoms with van der Waals surface area (Å²) in [6, 6.07) is 6.29. The minimum atomic E-state index is -0.277. The number of thiophene rings is 1. The first-order valence-electron chi connectivity index (χ1n) is 10.8. The van der Waals surface area contributed by atoms with Crippen molar-refractivity contribution in [2.24, 2.45) is 4.99 Å². The van der Waals surface area contributed by atoms with E-state index in [1.54, 1.807) is 23.5 Å². The highest BCUT2D eigenvalue weighted by Crippen LogP contribution is 2.42. The molecular weight excluding hydrogens is 427 g/mol. The van der Waals surface area contributed by atoms with Gasteiger partial charge in [-0.25, -0.2) is 4.39 Å². The molecule has 2 unspecified atom stereocenters. The van der Waals surface area contributed by atoms with Crippen molar-refractivity contribution in [1.82, 2.24) is 14.8 Å². The van der Waals surface area contributed by atoms with Gasteiger partial charge in [0.25, 0.3) is 0 Å². The Hall–Kier alpha value is -2.42. The average Bonchev–Trinajstić information content (AvgIpc) is 3.23. The van der Waals surface area contributed by atoms with Crippen LogP contribution in [0.25, 0.3) is 5.00 Å². The van der Waals surface area contributed by atoms with E-state index in [2.05, 4.69) is 28.6 Å². The molecule has 1 aromatic carbocycles. The molecule has 2 aliphatic heterocycles.